The van der Waals surface area contributed by atoms with Gasteiger partial charge in [-0.1, -0.05) is 20.3 Å². The number of carbonyl (C=O) groups excluding carboxylic acids is 1. The SMILES string of the molecule is CCC(C)CNc1ccc(C(=O)N2CCCN(c3ncccn3)CC2)cn1. The summed E-state index contributed by atoms with van der Waals surface area (Å²) in [5, 5.41) is 3.32. The van der Waals surface area contributed by atoms with E-state index in [2.05, 4.69) is 39.0 Å². The molecule has 1 aliphatic rings. The van der Waals surface area contributed by atoms with Crippen molar-refractivity contribution in [2.24, 2.45) is 5.92 Å². The number of hydrogen-bond donors (Lipinski definition) is 1. The van der Waals surface area contributed by atoms with Gasteiger partial charge in [0.05, 0.1) is 5.56 Å². The van der Waals surface area contributed by atoms with Gasteiger partial charge in [-0.3, -0.25) is 4.79 Å². The first-order valence-corrected chi connectivity index (χ1v) is 9.68. The van der Waals surface area contributed by atoms with E-state index in [4.69, 9.17) is 0 Å². The summed E-state index contributed by atoms with van der Waals surface area (Å²) < 4.78 is 0. The maximum atomic E-state index is 12.8. The molecule has 144 valence electrons. The van der Waals surface area contributed by atoms with Crippen LogP contribution in [0.2, 0.25) is 0 Å². The second-order valence-electron chi connectivity index (χ2n) is 7.01. The summed E-state index contributed by atoms with van der Waals surface area (Å²) in [5.74, 6) is 2.17. The first kappa shape index (κ1) is 19.1. The topological polar surface area (TPSA) is 74.2 Å². The summed E-state index contributed by atoms with van der Waals surface area (Å²) in [5.41, 5.74) is 0.633. The van der Waals surface area contributed by atoms with E-state index in [-0.39, 0.29) is 5.91 Å². The molecular weight excluding hydrogens is 340 g/mol. The zero-order valence-electron chi connectivity index (χ0n) is 16.1. The van der Waals surface area contributed by atoms with Crippen LogP contribution >= 0.6 is 0 Å². The smallest absolute Gasteiger partial charge is 0.255 e. The van der Waals surface area contributed by atoms with E-state index in [9.17, 15) is 4.79 Å². The van der Waals surface area contributed by atoms with Crippen molar-refractivity contribution in [3.05, 3.63) is 42.4 Å². The van der Waals surface area contributed by atoms with Crippen molar-refractivity contribution in [1.82, 2.24) is 19.9 Å². The Bertz CT molecular complexity index is 721. The molecule has 0 radical (unpaired) electrons. The van der Waals surface area contributed by atoms with Crippen LogP contribution in [0, 0.1) is 5.92 Å². The van der Waals surface area contributed by atoms with E-state index in [1.54, 1.807) is 18.6 Å². The Hall–Kier alpha value is -2.70. The molecule has 1 saturated heterocycles. The summed E-state index contributed by atoms with van der Waals surface area (Å²) in [6.45, 7) is 8.24. The van der Waals surface area contributed by atoms with Gasteiger partial charge in [0, 0.05) is 51.3 Å². The van der Waals surface area contributed by atoms with Crippen molar-refractivity contribution in [3.8, 4) is 0 Å². The minimum atomic E-state index is 0.0341. The van der Waals surface area contributed by atoms with Gasteiger partial charge >= 0.3 is 0 Å². The van der Waals surface area contributed by atoms with Gasteiger partial charge in [-0.2, -0.15) is 0 Å². The summed E-state index contributed by atoms with van der Waals surface area (Å²) in [6, 6.07) is 5.56. The molecule has 27 heavy (non-hydrogen) atoms. The molecule has 7 nitrogen and oxygen atoms in total. The average molecular weight is 368 g/mol. The van der Waals surface area contributed by atoms with Crippen molar-refractivity contribution >= 4 is 17.7 Å². The minimum Gasteiger partial charge on any atom is -0.370 e. The molecule has 1 atom stereocenters. The van der Waals surface area contributed by atoms with Crippen LogP contribution in [-0.2, 0) is 0 Å². The number of anilines is 2. The predicted octanol–water partition coefficient (Wildman–Crippen LogP) is 2.68. The highest BCUT2D eigenvalue weighted by Gasteiger charge is 2.21. The third-order valence-corrected chi connectivity index (χ3v) is 4.96. The van der Waals surface area contributed by atoms with Gasteiger partial charge in [-0.25, -0.2) is 15.0 Å². The predicted molar refractivity (Wildman–Crippen MR) is 107 cm³/mol. The fourth-order valence-electron chi connectivity index (χ4n) is 3.01. The van der Waals surface area contributed by atoms with Gasteiger partial charge in [-0.15, -0.1) is 0 Å². The highest BCUT2D eigenvalue weighted by atomic mass is 16.2. The Kier molecular flexibility index (Phi) is 6.57. The average Bonchev–Trinajstić information content (AvgIpc) is 2.99. The van der Waals surface area contributed by atoms with Crippen LogP contribution in [0.15, 0.2) is 36.8 Å². The molecule has 2 aromatic heterocycles. The lowest BCUT2D eigenvalue weighted by Gasteiger charge is -2.22. The Labute approximate surface area is 160 Å². The van der Waals surface area contributed by atoms with Crippen LogP contribution < -0.4 is 10.2 Å². The van der Waals surface area contributed by atoms with Crippen molar-refractivity contribution in [1.29, 1.82) is 0 Å². The van der Waals surface area contributed by atoms with Gasteiger partial charge in [0.15, 0.2) is 0 Å². The second kappa shape index (κ2) is 9.30. The van der Waals surface area contributed by atoms with E-state index >= 15 is 0 Å². The lowest BCUT2D eigenvalue weighted by atomic mass is 10.1. The van der Waals surface area contributed by atoms with Crippen LogP contribution in [0.3, 0.4) is 0 Å². The fraction of sp³-hybridized carbons (Fsp3) is 0.500. The number of rotatable bonds is 6. The quantitative estimate of drug-likeness (QED) is 0.845. The summed E-state index contributed by atoms with van der Waals surface area (Å²) in [7, 11) is 0. The van der Waals surface area contributed by atoms with Crippen LogP contribution in [0.4, 0.5) is 11.8 Å². The molecule has 0 aliphatic carbocycles. The summed E-state index contributed by atoms with van der Waals surface area (Å²) in [6.07, 6.45) is 7.19. The van der Waals surface area contributed by atoms with Crippen LogP contribution in [0.1, 0.15) is 37.0 Å². The van der Waals surface area contributed by atoms with Crippen molar-refractivity contribution in [3.63, 3.8) is 0 Å². The maximum absolute atomic E-state index is 12.8. The molecule has 0 saturated carbocycles. The van der Waals surface area contributed by atoms with Gasteiger partial charge in [0.25, 0.3) is 5.91 Å². The Morgan fingerprint density at radius 3 is 2.67 bits per heavy atom. The van der Waals surface area contributed by atoms with E-state index in [0.29, 0.717) is 18.0 Å². The van der Waals surface area contributed by atoms with Crippen LogP contribution in [0.25, 0.3) is 0 Å². The highest BCUT2D eigenvalue weighted by Crippen LogP contribution is 2.14. The molecule has 1 aliphatic heterocycles. The molecule has 2 aromatic rings. The van der Waals surface area contributed by atoms with Crippen LogP contribution in [-0.4, -0.2) is 58.5 Å². The lowest BCUT2D eigenvalue weighted by Crippen LogP contribution is -2.35. The molecule has 1 fully saturated rings. The monoisotopic (exact) mass is 368 g/mol. The first-order valence-electron chi connectivity index (χ1n) is 9.68. The van der Waals surface area contributed by atoms with Gasteiger partial charge in [-0.05, 0) is 30.5 Å². The van der Waals surface area contributed by atoms with Crippen molar-refractivity contribution in [2.45, 2.75) is 26.7 Å². The largest absolute Gasteiger partial charge is 0.370 e. The molecule has 1 unspecified atom stereocenters. The number of pyridine rings is 1. The molecule has 1 amide bonds. The molecule has 3 heterocycles. The fourth-order valence-corrected chi connectivity index (χ4v) is 3.01. The van der Waals surface area contributed by atoms with Crippen LogP contribution in [0.5, 0.6) is 0 Å². The van der Waals surface area contributed by atoms with Gasteiger partial charge < -0.3 is 15.1 Å². The Balaban J connectivity index is 1.57. The molecule has 7 heteroatoms. The molecule has 3 rings (SSSR count). The number of nitrogens with one attached hydrogen (secondary N) is 1. The Morgan fingerprint density at radius 1 is 1.15 bits per heavy atom. The minimum absolute atomic E-state index is 0.0341. The number of amides is 1. The molecule has 0 bridgehead atoms. The number of carbonyl (C=O) groups is 1. The zero-order chi connectivity index (χ0) is 19.1. The zero-order valence-corrected chi connectivity index (χ0v) is 16.1. The molecule has 0 spiro atoms. The second-order valence-corrected chi connectivity index (χ2v) is 7.01. The number of aromatic nitrogens is 3. The Morgan fingerprint density at radius 2 is 1.96 bits per heavy atom. The lowest BCUT2D eigenvalue weighted by molar-refractivity contribution is 0.0766. The molecule has 0 aromatic carbocycles. The van der Waals surface area contributed by atoms with Crippen molar-refractivity contribution < 1.29 is 4.79 Å². The van der Waals surface area contributed by atoms with E-state index in [0.717, 1.165) is 50.8 Å². The highest BCUT2D eigenvalue weighted by molar-refractivity contribution is 5.94. The molecular formula is C20H28N6O. The van der Waals surface area contributed by atoms with Gasteiger partial charge in [0.2, 0.25) is 5.95 Å². The van der Waals surface area contributed by atoms with Gasteiger partial charge in [0.1, 0.15) is 5.82 Å². The maximum Gasteiger partial charge on any atom is 0.255 e. The summed E-state index contributed by atoms with van der Waals surface area (Å²) >= 11 is 0. The standard InChI is InChI=1S/C20H28N6O/c1-3-16(2)14-23-18-7-6-17(15-24-18)19(27)25-10-5-11-26(13-12-25)20-21-8-4-9-22-20/h4,6-9,15-16H,3,5,10-14H2,1-2H3,(H,23,24). The van der Waals surface area contributed by atoms with Crippen molar-refractivity contribution in [2.75, 3.05) is 42.9 Å². The third-order valence-electron chi connectivity index (χ3n) is 4.96. The van der Waals surface area contributed by atoms with E-state index < -0.39 is 0 Å². The third kappa shape index (κ3) is 5.15. The molecule has 1 N–H and O–H groups in total. The van der Waals surface area contributed by atoms with E-state index in [1.807, 2.05) is 23.1 Å². The number of hydrogen-bond acceptors (Lipinski definition) is 6. The number of nitrogens with zero attached hydrogens (tertiary/aromatic N) is 5. The van der Waals surface area contributed by atoms with E-state index in [1.165, 1.54) is 0 Å². The first-order chi connectivity index (χ1) is 13.2. The normalized spacial score (nSPS) is 15.9. The summed E-state index contributed by atoms with van der Waals surface area (Å²) in [4.78, 5) is 29.9.